The van der Waals surface area contributed by atoms with E-state index in [4.69, 9.17) is 32.4 Å². The summed E-state index contributed by atoms with van der Waals surface area (Å²) < 4.78 is 12.0. The number of ether oxygens (including phenoxy) is 1. The number of halogens is 2. The van der Waals surface area contributed by atoms with Gasteiger partial charge in [-0.25, -0.2) is 0 Å². The highest BCUT2D eigenvalue weighted by Crippen LogP contribution is 2.60. The molecular formula is C24H26Cl2O3. The Morgan fingerprint density at radius 3 is 2.52 bits per heavy atom. The fourth-order valence-corrected chi connectivity index (χ4v) is 3.89. The Bertz CT molecular complexity index is 930. The number of carbonyl (C=O) groups excluding carboxylic acids is 1. The summed E-state index contributed by atoms with van der Waals surface area (Å²) in [7, 11) is 0. The number of esters is 1. The van der Waals surface area contributed by atoms with Gasteiger partial charge < -0.3 is 9.15 Å². The van der Waals surface area contributed by atoms with Crippen LogP contribution >= 0.6 is 23.2 Å². The summed E-state index contributed by atoms with van der Waals surface area (Å²) in [6.45, 7) is 8.08. The first-order valence-electron chi connectivity index (χ1n) is 9.72. The van der Waals surface area contributed by atoms with E-state index in [9.17, 15) is 4.79 Å². The Hall–Kier alpha value is -1.97. The van der Waals surface area contributed by atoms with Crippen molar-refractivity contribution in [3.63, 3.8) is 0 Å². The molecule has 0 bridgehead atoms. The molecule has 3 rings (SSSR count). The summed E-state index contributed by atoms with van der Waals surface area (Å²) in [6, 6.07) is 11.9. The SMILES string of the molecule is CC(C)=CCc1oc(Cc2ccccc2)cc1OC(=O)C1C(C=C(Cl)Cl)C1(C)C. The molecule has 2 aromatic rings. The van der Waals surface area contributed by atoms with Crippen LogP contribution < -0.4 is 4.74 Å². The maximum atomic E-state index is 12.8. The zero-order chi connectivity index (χ0) is 21.2. The molecule has 0 radical (unpaired) electrons. The van der Waals surface area contributed by atoms with Crippen LogP contribution in [0.5, 0.6) is 5.75 Å². The molecule has 3 nitrogen and oxygen atoms in total. The van der Waals surface area contributed by atoms with E-state index in [1.165, 1.54) is 5.57 Å². The molecule has 0 saturated heterocycles. The molecule has 0 N–H and O–H groups in total. The van der Waals surface area contributed by atoms with Gasteiger partial charge in [0.25, 0.3) is 0 Å². The highest BCUT2D eigenvalue weighted by Gasteiger charge is 2.61. The summed E-state index contributed by atoms with van der Waals surface area (Å²) in [6.07, 6.45) is 4.99. The van der Waals surface area contributed by atoms with Gasteiger partial charge in [0.2, 0.25) is 0 Å². The quantitative estimate of drug-likeness (QED) is 0.353. The molecule has 0 amide bonds. The fraction of sp³-hybridized carbons (Fsp3) is 0.375. The van der Waals surface area contributed by atoms with E-state index in [0.717, 1.165) is 11.3 Å². The van der Waals surface area contributed by atoms with E-state index in [1.54, 1.807) is 6.08 Å². The number of allylic oxidation sites excluding steroid dienone is 3. The van der Waals surface area contributed by atoms with Crippen molar-refractivity contribution < 1.29 is 13.9 Å². The van der Waals surface area contributed by atoms with Gasteiger partial charge in [0.1, 0.15) is 10.3 Å². The van der Waals surface area contributed by atoms with E-state index >= 15 is 0 Å². The molecule has 1 fully saturated rings. The van der Waals surface area contributed by atoms with Crippen molar-refractivity contribution in [3.05, 3.63) is 75.7 Å². The van der Waals surface area contributed by atoms with E-state index < -0.39 is 0 Å². The van der Waals surface area contributed by atoms with Gasteiger partial charge in [-0.3, -0.25) is 4.79 Å². The summed E-state index contributed by atoms with van der Waals surface area (Å²) >= 11 is 11.6. The van der Waals surface area contributed by atoms with Crippen molar-refractivity contribution in [3.8, 4) is 5.75 Å². The minimum Gasteiger partial charge on any atom is -0.461 e. The lowest BCUT2D eigenvalue weighted by Crippen LogP contribution is -2.14. The number of rotatable bonds is 7. The smallest absolute Gasteiger partial charge is 0.315 e. The average Bonchev–Trinajstić information content (AvgIpc) is 2.97. The average molecular weight is 433 g/mol. The highest BCUT2D eigenvalue weighted by molar-refractivity contribution is 6.55. The summed E-state index contributed by atoms with van der Waals surface area (Å²) in [5, 5.41) is 0. The molecule has 1 aliphatic carbocycles. The normalized spacial score (nSPS) is 19.4. The van der Waals surface area contributed by atoms with Gasteiger partial charge in [0.15, 0.2) is 11.5 Å². The van der Waals surface area contributed by atoms with E-state index in [0.29, 0.717) is 24.4 Å². The van der Waals surface area contributed by atoms with Gasteiger partial charge in [0.05, 0.1) is 5.92 Å². The van der Waals surface area contributed by atoms with Crippen molar-refractivity contribution in [1.29, 1.82) is 0 Å². The second-order valence-electron chi connectivity index (χ2n) is 8.35. The fourth-order valence-electron chi connectivity index (χ4n) is 3.62. The number of benzene rings is 1. The maximum absolute atomic E-state index is 12.8. The Morgan fingerprint density at radius 2 is 1.90 bits per heavy atom. The van der Waals surface area contributed by atoms with Crippen LogP contribution in [-0.2, 0) is 17.6 Å². The van der Waals surface area contributed by atoms with Crippen LogP contribution in [0, 0.1) is 17.3 Å². The zero-order valence-corrected chi connectivity index (χ0v) is 18.7. The monoisotopic (exact) mass is 432 g/mol. The van der Waals surface area contributed by atoms with Gasteiger partial charge in [-0.1, -0.05) is 79.0 Å². The van der Waals surface area contributed by atoms with Gasteiger partial charge in [-0.2, -0.15) is 0 Å². The van der Waals surface area contributed by atoms with Crippen molar-refractivity contribution in [2.45, 2.75) is 40.5 Å². The third-order valence-electron chi connectivity index (χ3n) is 5.42. The van der Waals surface area contributed by atoms with Crippen LogP contribution in [0.1, 0.15) is 44.8 Å². The molecule has 29 heavy (non-hydrogen) atoms. The van der Waals surface area contributed by atoms with Crippen LogP contribution in [0.4, 0.5) is 0 Å². The Balaban J connectivity index is 1.80. The number of hydrogen-bond acceptors (Lipinski definition) is 3. The summed E-state index contributed by atoms with van der Waals surface area (Å²) in [5.41, 5.74) is 2.08. The Labute approximate surface area is 182 Å². The molecular weight excluding hydrogens is 407 g/mol. The molecule has 1 saturated carbocycles. The van der Waals surface area contributed by atoms with E-state index in [2.05, 4.69) is 6.08 Å². The molecule has 1 heterocycles. The topological polar surface area (TPSA) is 39.4 Å². The maximum Gasteiger partial charge on any atom is 0.315 e. The predicted octanol–water partition coefficient (Wildman–Crippen LogP) is 6.88. The van der Waals surface area contributed by atoms with Crippen LogP contribution in [-0.4, -0.2) is 5.97 Å². The lowest BCUT2D eigenvalue weighted by Gasteiger charge is -2.04. The van der Waals surface area contributed by atoms with Gasteiger partial charge in [-0.15, -0.1) is 0 Å². The first-order valence-corrected chi connectivity index (χ1v) is 10.5. The van der Waals surface area contributed by atoms with Crippen molar-refractivity contribution >= 4 is 29.2 Å². The lowest BCUT2D eigenvalue weighted by molar-refractivity contribution is -0.136. The molecule has 2 unspecified atom stereocenters. The molecule has 1 aliphatic rings. The first-order chi connectivity index (χ1) is 13.7. The summed E-state index contributed by atoms with van der Waals surface area (Å²) in [5.74, 6) is 1.32. The standard InChI is InChI=1S/C24H26Cl2O3/c1-15(2)10-11-19-20(13-17(28-19)12-16-8-6-5-7-9-16)29-23(27)22-18(14-21(25)26)24(22,3)4/h5-10,13-14,18,22H,11-12H2,1-4H3. The van der Waals surface area contributed by atoms with Crippen molar-refractivity contribution in [1.82, 2.24) is 0 Å². The number of hydrogen-bond donors (Lipinski definition) is 0. The third kappa shape index (κ3) is 5.34. The summed E-state index contributed by atoms with van der Waals surface area (Å²) in [4.78, 5) is 12.8. The molecule has 154 valence electrons. The van der Waals surface area contributed by atoms with Crippen LogP contribution in [0.25, 0.3) is 0 Å². The minimum absolute atomic E-state index is 0.0306. The molecule has 0 spiro atoms. The lowest BCUT2D eigenvalue weighted by atomic mass is 10.1. The van der Waals surface area contributed by atoms with Gasteiger partial charge in [-0.05, 0) is 36.8 Å². The molecule has 5 heteroatoms. The van der Waals surface area contributed by atoms with Gasteiger partial charge in [0, 0.05) is 18.9 Å². The van der Waals surface area contributed by atoms with Crippen molar-refractivity contribution in [2.75, 3.05) is 0 Å². The van der Waals surface area contributed by atoms with E-state index in [1.807, 2.05) is 64.1 Å². The van der Waals surface area contributed by atoms with Crippen LogP contribution in [0.15, 0.2) is 63.0 Å². The Kier molecular flexibility index (Phi) is 6.60. The molecule has 2 atom stereocenters. The van der Waals surface area contributed by atoms with Crippen LogP contribution in [0.3, 0.4) is 0 Å². The molecule has 0 aliphatic heterocycles. The minimum atomic E-state index is -0.281. The second kappa shape index (κ2) is 8.81. The predicted molar refractivity (Wildman–Crippen MR) is 117 cm³/mol. The van der Waals surface area contributed by atoms with Gasteiger partial charge >= 0.3 is 5.97 Å². The van der Waals surface area contributed by atoms with Crippen LogP contribution in [0.2, 0.25) is 0 Å². The Morgan fingerprint density at radius 1 is 1.21 bits per heavy atom. The van der Waals surface area contributed by atoms with Crippen molar-refractivity contribution in [2.24, 2.45) is 17.3 Å². The largest absolute Gasteiger partial charge is 0.461 e. The van der Waals surface area contributed by atoms with E-state index in [-0.39, 0.29) is 27.7 Å². The third-order valence-corrected chi connectivity index (χ3v) is 5.67. The molecule has 1 aromatic heterocycles. The first kappa shape index (κ1) is 21.7. The second-order valence-corrected chi connectivity index (χ2v) is 9.36. The molecule has 1 aromatic carbocycles. The number of carbonyl (C=O) groups is 1. The highest BCUT2D eigenvalue weighted by atomic mass is 35.5. The zero-order valence-electron chi connectivity index (χ0n) is 17.2. The number of furan rings is 1.